The van der Waals surface area contributed by atoms with Crippen LogP contribution in [0.3, 0.4) is 0 Å². The van der Waals surface area contributed by atoms with Crippen LogP contribution in [0.5, 0.6) is 5.75 Å². The molecule has 220 valence electrons. The Morgan fingerprint density at radius 3 is 2.41 bits per heavy atom. The summed E-state index contributed by atoms with van der Waals surface area (Å²) in [7, 11) is 0. The number of benzene rings is 2. The second-order valence-corrected chi connectivity index (χ2v) is 11.1. The highest BCUT2D eigenvalue weighted by Gasteiger charge is 2.11. The van der Waals surface area contributed by atoms with Crippen LogP contribution in [0.4, 0.5) is 0 Å². The van der Waals surface area contributed by atoms with Crippen molar-refractivity contribution < 1.29 is 23.8 Å². The Kier molecular flexibility index (Phi) is 14.8. The highest BCUT2D eigenvalue weighted by atomic mass is 32.1. The minimum atomic E-state index is -0.298. The lowest BCUT2D eigenvalue weighted by Crippen LogP contribution is -2.06. The molecule has 0 amide bonds. The number of unbranched alkanes of at least 4 members (excludes halogenated alkanes) is 3. The van der Waals surface area contributed by atoms with Gasteiger partial charge in [0.25, 0.3) is 0 Å². The van der Waals surface area contributed by atoms with Crippen LogP contribution in [-0.4, -0.2) is 31.8 Å². The number of ether oxygens (including phenoxy) is 3. The number of hydrogen-bond donors (Lipinski definition) is 0. The molecule has 3 rings (SSSR count). The lowest BCUT2D eigenvalue weighted by atomic mass is 9.92. The molecular weight excluding hydrogens is 532 g/mol. The fraction of sp³-hybridized carbons (Fsp3) is 0.429. The molecule has 1 atom stereocenters. The number of allylic oxidation sites excluding steroid dienone is 1. The molecule has 3 aromatic rings. The third kappa shape index (κ3) is 12.3. The zero-order chi connectivity index (χ0) is 29.1. The van der Waals surface area contributed by atoms with Crippen molar-refractivity contribution in [3.63, 3.8) is 0 Å². The van der Waals surface area contributed by atoms with Crippen molar-refractivity contribution in [1.82, 2.24) is 0 Å². The van der Waals surface area contributed by atoms with Gasteiger partial charge in [0, 0.05) is 16.9 Å². The highest BCUT2D eigenvalue weighted by molar-refractivity contribution is 7.09. The molecule has 0 N–H and O–H groups in total. The number of hydrogen-bond acceptors (Lipinski definition) is 6. The van der Waals surface area contributed by atoms with Crippen LogP contribution in [0.25, 0.3) is 6.08 Å². The second-order valence-electron chi connectivity index (χ2n) is 10.1. The summed E-state index contributed by atoms with van der Waals surface area (Å²) < 4.78 is 16.4. The van der Waals surface area contributed by atoms with Gasteiger partial charge in [-0.1, -0.05) is 55.0 Å². The molecule has 0 fully saturated rings. The zero-order valence-electron chi connectivity index (χ0n) is 24.5. The van der Waals surface area contributed by atoms with Gasteiger partial charge in [-0.15, -0.1) is 11.3 Å². The molecule has 0 spiro atoms. The van der Waals surface area contributed by atoms with Crippen molar-refractivity contribution in [3.8, 4) is 5.75 Å². The molecule has 0 saturated carbocycles. The Labute approximate surface area is 249 Å². The van der Waals surface area contributed by atoms with E-state index in [-0.39, 0.29) is 17.9 Å². The van der Waals surface area contributed by atoms with Crippen LogP contribution in [-0.2, 0) is 27.1 Å². The van der Waals surface area contributed by atoms with Crippen molar-refractivity contribution >= 4 is 29.4 Å². The van der Waals surface area contributed by atoms with Crippen LogP contribution in [0.1, 0.15) is 85.2 Å². The van der Waals surface area contributed by atoms with Gasteiger partial charge in [0.15, 0.2) is 0 Å². The van der Waals surface area contributed by atoms with Crippen LogP contribution in [0.2, 0.25) is 0 Å². The van der Waals surface area contributed by atoms with E-state index < -0.39 is 0 Å². The first-order valence-corrected chi connectivity index (χ1v) is 15.8. The monoisotopic (exact) mass is 576 g/mol. The van der Waals surface area contributed by atoms with Crippen LogP contribution < -0.4 is 4.74 Å². The van der Waals surface area contributed by atoms with E-state index in [1.807, 2.05) is 67.6 Å². The van der Waals surface area contributed by atoms with Crippen LogP contribution in [0, 0.1) is 5.92 Å². The smallest absolute Gasteiger partial charge is 0.338 e. The van der Waals surface area contributed by atoms with E-state index in [2.05, 4.69) is 35.7 Å². The number of rotatable bonds is 19. The molecule has 1 unspecified atom stereocenters. The topological polar surface area (TPSA) is 61.8 Å². The number of thiophene rings is 1. The van der Waals surface area contributed by atoms with E-state index in [9.17, 15) is 9.59 Å². The fourth-order valence-corrected chi connectivity index (χ4v) is 5.43. The first-order valence-electron chi connectivity index (χ1n) is 14.9. The summed E-state index contributed by atoms with van der Waals surface area (Å²) in [5.74, 6) is 0.748. The van der Waals surface area contributed by atoms with Crippen molar-refractivity contribution in [2.45, 2.75) is 71.6 Å². The Bertz CT molecular complexity index is 1180. The lowest BCUT2D eigenvalue weighted by Gasteiger charge is -2.14. The van der Waals surface area contributed by atoms with E-state index in [1.54, 1.807) is 0 Å². The maximum absolute atomic E-state index is 12.0. The molecule has 1 aromatic heterocycles. The van der Waals surface area contributed by atoms with Crippen molar-refractivity contribution in [1.29, 1.82) is 0 Å². The SMILES string of the molecule is CCOC(=O)CCCCC(C=Cc1ccccc1OCCCCCc1cccs1)Cc1ccc(C(=O)OCC)cc1. The van der Waals surface area contributed by atoms with Gasteiger partial charge in [-0.2, -0.15) is 0 Å². The number of esters is 2. The first kappa shape index (κ1) is 32.1. The van der Waals surface area contributed by atoms with Crippen molar-refractivity contribution in [2.24, 2.45) is 5.92 Å². The molecular formula is C35H44O5S. The predicted octanol–water partition coefficient (Wildman–Crippen LogP) is 8.71. The summed E-state index contributed by atoms with van der Waals surface area (Å²) in [6.07, 6.45) is 12.9. The summed E-state index contributed by atoms with van der Waals surface area (Å²) in [6.45, 7) is 5.13. The zero-order valence-corrected chi connectivity index (χ0v) is 25.3. The first-order chi connectivity index (χ1) is 20.1. The number of carbonyl (C=O) groups is 2. The Morgan fingerprint density at radius 1 is 0.854 bits per heavy atom. The largest absolute Gasteiger partial charge is 0.493 e. The molecule has 6 heteroatoms. The molecule has 0 bridgehead atoms. The van der Waals surface area contributed by atoms with Gasteiger partial charge in [0.1, 0.15) is 5.75 Å². The van der Waals surface area contributed by atoms with Gasteiger partial charge in [-0.3, -0.25) is 4.79 Å². The Balaban J connectivity index is 1.58. The summed E-state index contributed by atoms with van der Waals surface area (Å²) in [4.78, 5) is 25.3. The molecule has 0 saturated heterocycles. The molecule has 0 radical (unpaired) electrons. The lowest BCUT2D eigenvalue weighted by molar-refractivity contribution is -0.143. The van der Waals surface area contributed by atoms with Crippen LogP contribution in [0.15, 0.2) is 72.1 Å². The third-order valence-electron chi connectivity index (χ3n) is 6.85. The second kappa shape index (κ2) is 18.9. The fourth-order valence-electron chi connectivity index (χ4n) is 4.67. The highest BCUT2D eigenvalue weighted by Crippen LogP contribution is 2.24. The van der Waals surface area contributed by atoms with E-state index in [1.165, 1.54) is 11.3 Å². The van der Waals surface area contributed by atoms with E-state index in [0.717, 1.165) is 61.8 Å². The predicted molar refractivity (Wildman–Crippen MR) is 168 cm³/mol. The molecule has 0 aliphatic heterocycles. The molecule has 41 heavy (non-hydrogen) atoms. The van der Waals surface area contributed by atoms with Gasteiger partial charge < -0.3 is 14.2 Å². The standard InChI is InChI=1S/C35H44O5S/c1-3-38-34(36)18-10-7-13-28(27-29-20-23-31(24-21-29)35(37)39-4-2)19-22-30-14-8-9-17-33(30)40-25-11-5-6-15-32-16-12-26-41-32/h8-9,12,14,16-17,19-24,26,28H,3-7,10-11,13,15,18,25,27H2,1-2H3. The number of para-hydroxylation sites is 1. The van der Waals surface area contributed by atoms with Crippen molar-refractivity contribution in [2.75, 3.05) is 19.8 Å². The van der Waals surface area contributed by atoms with Gasteiger partial charge in [0.2, 0.25) is 0 Å². The molecule has 0 aliphatic rings. The minimum Gasteiger partial charge on any atom is -0.493 e. The van der Waals surface area contributed by atoms with Gasteiger partial charge in [-0.25, -0.2) is 4.79 Å². The molecule has 2 aromatic carbocycles. The van der Waals surface area contributed by atoms with E-state index >= 15 is 0 Å². The van der Waals surface area contributed by atoms with E-state index in [4.69, 9.17) is 14.2 Å². The summed E-state index contributed by atoms with van der Waals surface area (Å²) in [6, 6.07) is 20.2. The third-order valence-corrected chi connectivity index (χ3v) is 7.78. The maximum Gasteiger partial charge on any atom is 0.338 e. The molecule has 0 aliphatic carbocycles. The van der Waals surface area contributed by atoms with Crippen LogP contribution >= 0.6 is 11.3 Å². The average molecular weight is 577 g/mol. The van der Waals surface area contributed by atoms with E-state index in [0.29, 0.717) is 31.8 Å². The molecule has 1 heterocycles. The van der Waals surface area contributed by atoms with Gasteiger partial charge >= 0.3 is 11.9 Å². The van der Waals surface area contributed by atoms with Gasteiger partial charge in [0.05, 0.1) is 25.4 Å². The normalized spacial score (nSPS) is 11.9. The van der Waals surface area contributed by atoms with Crippen molar-refractivity contribution in [3.05, 3.63) is 93.7 Å². The summed E-state index contributed by atoms with van der Waals surface area (Å²) in [5, 5.41) is 2.14. The van der Waals surface area contributed by atoms with Gasteiger partial charge in [-0.05, 0) is 99.9 Å². The average Bonchev–Trinajstić information content (AvgIpc) is 3.50. The molecule has 5 nitrogen and oxygen atoms in total. The Morgan fingerprint density at radius 2 is 1.66 bits per heavy atom. The maximum atomic E-state index is 12.0. The summed E-state index contributed by atoms with van der Waals surface area (Å²) >= 11 is 1.83. The summed E-state index contributed by atoms with van der Waals surface area (Å²) in [5.41, 5.74) is 2.79. The Hall–Kier alpha value is -3.38. The number of carbonyl (C=O) groups excluding carboxylic acids is 2. The minimum absolute atomic E-state index is 0.133. The number of aryl methyl sites for hydroxylation is 1. The quantitative estimate of drug-likeness (QED) is 0.105.